The van der Waals surface area contributed by atoms with Crippen molar-refractivity contribution in [2.45, 2.75) is 30.3 Å². The van der Waals surface area contributed by atoms with Crippen LogP contribution < -0.4 is 14.8 Å². The number of hydrogen-bond donors (Lipinski definition) is 3. The lowest BCUT2D eigenvalue weighted by Crippen LogP contribution is -2.44. The molecule has 0 aliphatic carbocycles. The molecule has 152 valence electrons. The molecule has 3 N–H and O–H groups in total. The van der Waals surface area contributed by atoms with Crippen LogP contribution in [0.3, 0.4) is 0 Å². The van der Waals surface area contributed by atoms with Crippen LogP contribution >= 0.6 is 0 Å². The number of halogens is 3. The van der Waals surface area contributed by atoms with Crippen molar-refractivity contribution in [3.63, 3.8) is 0 Å². The molecular formula is C17H17F3N2O5S. The van der Waals surface area contributed by atoms with Crippen molar-refractivity contribution in [3.8, 4) is 5.75 Å². The van der Waals surface area contributed by atoms with E-state index in [0.29, 0.717) is 5.56 Å². The van der Waals surface area contributed by atoms with Gasteiger partial charge < -0.3 is 15.2 Å². The predicted octanol–water partition coefficient (Wildman–Crippen LogP) is 3.26. The van der Waals surface area contributed by atoms with Gasteiger partial charge in [0.1, 0.15) is 5.75 Å². The van der Waals surface area contributed by atoms with Crippen LogP contribution in [0.5, 0.6) is 5.75 Å². The zero-order chi connectivity index (χ0) is 20.9. The molecule has 0 aliphatic heterocycles. The lowest BCUT2D eigenvalue weighted by Gasteiger charge is -2.25. The van der Waals surface area contributed by atoms with Crippen LogP contribution in [0.15, 0.2) is 59.5 Å². The summed E-state index contributed by atoms with van der Waals surface area (Å²) in [7, 11) is -4.13. The molecule has 0 fully saturated rings. The molecule has 2 rings (SSSR count). The van der Waals surface area contributed by atoms with E-state index in [9.17, 15) is 26.4 Å². The number of ether oxygens (including phenoxy) is 1. The molecule has 0 unspecified atom stereocenters. The zero-order valence-corrected chi connectivity index (χ0v) is 15.3. The van der Waals surface area contributed by atoms with Gasteiger partial charge in [0.15, 0.2) is 0 Å². The Labute approximate surface area is 159 Å². The molecule has 0 radical (unpaired) electrons. The molecule has 0 saturated heterocycles. The number of carboxylic acid groups (broad SMARTS) is 1. The van der Waals surface area contributed by atoms with Crippen LogP contribution in [0.25, 0.3) is 0 Å². The normalized spacial score (nSPS) is 14.1. The average molecular weight is 418 g/mol. The van der Waals surface area contributed by atoms with Gasteiger partial charge in [0, 0.05) is 6.04 Å². The lowest BCUT2D eigenvalue weighted by molar-refractivity contribution is -0.274. The van der Waals surface area contributed by atoms with E-state index in [1.54, 1.807) is 30.3 Å². The molecule has 1 amide bonds. The number of rotatable bonds is 7. The molecule has 11 heteroatoms. The average Bonchev–Trinajstić information content (AvgIpc) is 2.59. The van der Waals surface area contributed by atoms with E-state index in [1.165, 1.54) is 6.92 Å². The van der Waals surface area contributed by atoms with E-state index >= 15 is 0 Å². The second kappa shape index (κ2) is 8.48. The maximum Gasteiger partial charge on any atom is 0.573 e. The Morgan fingerprint density at radius 2 is 1.64 bits per heavy atom. The fourth-order valence-corrected chi connectivity index (χ4v) is 3.75. The van der Waals surface area contributed by atoms with Gasteiger partial charge in [-0.3, -0.25) is 0 Å². The van der Waals surface area contributed by atoms with E-state index in [2.05, 4.69) is 14.8 Å². The first kappa shape index (κ1) is 21.5. The molecule has 0 aromatic heterocycles. The molecule has 2 aromatic rings. The largest absolute Gasteiger partial charge is 0.573 e. The third-order valence-corrected chi connectivity index (χ3v) is 5.22. The molecule has 2 atom stereocenters. The van der Waals surface area contributed by atoms with Gasteiger partial charge in [0.2, 0.25) is 10.0 Å². The fourth-order valence-electron chi connectivity index (χ4n) is 2.49. The molecule has 0 spiro atoms. The monoisotopic (exact) mass is 418 g/mol. The molecule has 0 bridgehead atoms. The highest BCUT2D eigenvalue weighted by molar-refractivity contribution is 7.89. The lowest BCUT2D eigenvalue weighted by atomic mass is 10.0. The van der Waals surface area contributed by atoms with E-state index in [0.717, 1.165) is 24.3 Å². The van der Waals surface area contributed by atoms with Crippen LogP contribution in [-0.4, -0.2) is 32.0 Å². The van der Waals surface area contributed by atoms with Crippen molar-refractivity contribution in [1.82, 2.24) is 10.0 Å². The van der Waals surface area contributed by atoms with Crippen molar-refractivity contribution in [2.75, 3.05) is 0 Å². The van der Waals surface area contributed by atoms with Crippen molar-refractivity contribution < 1.29 is 36.2 Å². The summed E-state index contributed by atoms with van der Waals surface area (Å²) in [4.78, 5) is 10.8. The van der Waals surface area contributed by atoms with Crippen molar-refractivity contribution in [3.05, 3.63) is 60.2 Å². The first-order valence-electron chi connectivity index (χ1n) is 7.90. The summed E-state index contributed by atoms with van der Waals surface area (Å²) >= 11 is 0. The van der Waals surface area contributed by atoms with Gasteiger partial charge in [-0.1, -0.05) is 30.3 Å². The number of hydrogen-bond acceptors (Lipinski definition) is 4. The molecular weight excluding hydrogens is 401 g/mol. The van der Waals surface area contributed by atoms with Crippen LogP contribution in [0.2, 0.25) is 0 Å². The first-order valence-corrected chi connectivity index (χ1v) is 9.39. The summed E-state index contributed by atoms with van der Waals surface area (Å²) in [5.41, 5.74) is 0.536. The van der Waals surface area contributed by atoms with Crippen LogP contribution in [0, 0.1) is 0 Å². The topological polar surface area (TPSA) is 105 Å². The highest BCUT2D eigenvalue weighted by Crippen LogP contribution is 2.24. The third kappa shape index (κ3) is 6.13. The SMILES string of the molecule is C[C@@H](NS(=O)(=O)c1ccc(OC(F)(F)F)cc1)[C@H](NC(=O)O)c1ccccc1. The minimum Gasteiger partial charge on any atom is -0.465 e. The Kier molecular flexibility index (Phi) is 6.52. The maximum atomic E-state index is 12.5. The van der Waals surface area contributed by atoms with E-state index < -0.39 is 40.3 Å². The summed E-state index contributed by atoms with van der Waals surface area (Å²) in [5.74, 6) is -0.561. The smallest absolute Gasteiger partial charge is 0.465 e. The Balaban J connectivity index is 2.20. The summed E-state index contributed by atoms with van der Waals surface area (Å²) in [6, 6.07) is 10.2. The number of sulfonamides is 1. The van der Waals surface area contributed by atoms with Crippen molar-refractivity contribution in [2.24, 2.45) is 0 Å². The third-order valence-electron chi connectivity index (χ3n) is 3.65. The zero-order valence-electron chi connectivity index (χ0n) is 14.5. The van der Waals surface area contributed by atoms with E-state index in [1.807, 2.05) is 0 Å². The minimum atomic E-state index is -4.89. The van der Waals surface area contributed by atoms with Gasteiger partial charge in [-0.2, -0.15) is 0 Å². The predicted molar refractivity (Wildman–Crippen MR) is 93.3 cm³/mol. The Morgan fingerprint density at radius 3 is 2.14 bits per heavy atom. The number of alkyl halides is 3. The summed E-state index contributed by atoms with van der Waals surface area (Å²) in [6.07, 6.45) is -6.23. The summed E-state index contributed by atoms with van der Waals surface area (Å²) in [6.45, 7) is 1.46. The maximum absolute atomic E-state index is 12.5. The highest BCUT2D eigenvalue weighted by Gasteiger charge is 2.31. The quantitative estimate of drug-likeness (QED) is 0.640. The summed E-state index contributed by atoms with van der Waals surface area (Å²) in [5, 5.41) is 11.3. The number of nitrogens with one attached hydrogen (secondary N) is 2. The molecule has 2 aromatic carbocycles. The first-order chi connectivity index (χ1) is 13.0. The van der Waals surface area contributed by atoms with E-state index in [4.69, 9.17) is 5.11 Å². The Hall–Kier alpha value is -2.79. The van der Waals surface area contributed by atoms with Crippen molar-refractivity contribution in [1.29, 1.82) is 0 Å². The second-order valence-corrected chi connectivity index (χ2v) is 7.48. The van der Waals surface area contributed by atoms with Crippen LogP contribution in [-0.2, 0) is 10.0 Å². The Bertz CT molecular complexity index is 903. The van der Waals surface area contributed by atoms with Gasteiger partial charge in [0.25, 0.3) is 0 Å². The van der Waals surface area contributed by atoms with Gasteiger partial charge >= 0.3 is 12.5 Å². The fraction of sp³-hybridized carbons (Fsp3) is 0.235. The number of amides is 1. The van der Waals surface area contributed by atoms with Crippen molar-refractivity contribution >= 4 is 16.1 Å². The van der Waals surface area contributed by atoms with Crippen LogP contribution in [0.4, 0.5) is 18.0 Å². The second-order valence-electron chi connectivity index (χ2n) is 5.77. The van der Waals surface area contributed by atoms with Gasteiger partial charge in [-0.05, 0) is 36.8 Å². The van der Waals surface area contributed by atoms with E-state index in [-0.39, 0.29) is 4.90 Å². The molecule has 7 nitrogen and oxygen atoms in total. The number of carbonyl (C=O) groups is 1. The van der Waals surface area contributed by atoms with Gasteiger partial charge in [-0.25, -0.2) is 17.9 Å². The Morgan fingerprint density at radius 1 is 1.07 bits per heavy atom. The summed E-state index contributed by atoms with van der Waals surface area (Å²) < 4.78 is 67.6. The molecule has 28 heavy (non-hydrogen) atoms. The minimum absolute atomic E-state index is 0.295. The number of benzene rings is 2. The molecule has 0 saturated carbocycles. The standard InChI is InChI=1S/C17H17F3N2O5S/c1-11(15(21-16(23)24)12-5-3-2-4-6-12)22-28(25,26)14-9-7-13(8-10-14)27-17(18,19)20/h2-11,15,21-22H,1H3,(H,23,24)/t11-,15+/m1/s1. The van der Waals surface area contributed by atoms with Gasteiger partial charge in [0.05, 0.1) is 10.9 Å². The molecule has 0 heterocycles. The van der Waals surface area contributed by atoms with Gasteiger partial charge in [-0.15, -0.1) is 13.2 Å². The highest BCUT2D eigenvalue weighted by atomic mass is 32.2. The van der Waals surface area contributed by atoms with Crippen LogP contribution in [0.1, 0.15) is 18.5 Å². The molecule has 0 aliphatic rings.